The van der Waals surface area contributed by atoms with Gasteiger partial charge in [-0.3, -0.25) is 14.0 Å². The molecule has 0 spiro atoms. The Labute approximate surface area is 186 Å². The molecule has 0 saturated carbocycles. The fourth-order valence-corrected chi connectivity index (χ4v) is 3.84. The number of rotatable bonds is 11. The first kappa shape index (κ1) is 22.8. The molecule has 0 atom stereocenters. The first-order valence-corrected chi connectivity index (χ1v) is 11.1. The Bertz CT molecular complexity index is 988. The zero-order chi connectivity index (χ0) is 22.2. The molecule has 2 aromatic heterocycles. The van der Waals surface area contributed by atoms with Crippen LogP contribution in [0.25, 0.3) is 11.4 Å². The molecule has 1 aromatic carbocycles. The molecule has 0 bridgehead atoms. The maximum Gasteiger partial charge on any atom is 0.243 e. The van der Waals surface area contributed by atoms with Gasteiger partial charge in [-0.15, -0.1) is 15.3 Å². The first-order valence-electron chi connectivity index (χ1n) is 10.2. The van der Waals surface area contributed by atoms with Gasteiger partial charge in [0.05, 0.1) is 25.5 Å². The number of para-hydroxylation sites is 1. The highest BCUT2D eigenvalue weighted by Gasteiger charge is 2.22. The van der Waals surface area contributed by atoms with Gasteiger partial charge in [0.2, 0.25) is 11.8 Å². The third kappa shape index (κ3) is 5.45. The molecule has 3 aromatic rings. The predicted octanol–water partition coefficient (Wildman–Crippen LogP) is 2.96. The monoisotopic (exact) mass is 444 g/mol. The summed E-state index contributed by atoms with van der Waals surface area (Å²) < 4.78 is 14.7. The SMILES string of the molecule is CCOc1nn(CC)cc1-c1nnc(SCC(=O)N(C)c2ccccc2)n1CCOC. The number of carbonyl (C=O) groups excluding carboxylic acids is 1. The van der Waals surface area contributed by atoms with Gasteiger partial charge < -0.3 is 14.4 Å². The molecule has 10 heteroatoms. The molecule has 1 amide bonds. The lowest BCUT2D eigenvalue weighted by Crippen LogP contribution is -2.28. The Morgan fingerprint density at radius 2 is 1.97 bits per heavy atom. The Morgan fingerprint density at radius 1 is 1.19 bits per heavy atom. The van der Waals surface area contributed by atoms with Crippen LogP contribution >= 0.6 is 11.8 Å². The topological polar surface area (TPSA) is 87.3 Å². The summed E-state index contributed by atoms with van der Waals surface area (Å²) >= 11 is 1.35. The molecule has 9 nitrogen and oxygen atoms in total. The number of amides is 1. The highest BCUT2D eigenvalue weighted by molar-refractivity contribution is 7.99. The first-order chi connectivity index (χ1) is 15.1. The van der Waals surface area contributed by atoms with E-state index in [1.807, 2.05) is 54.9 Å². The number of hydrogen-bond acceptors (Lipinski definition) is 7. The van der Waals surface area contributed by atoms with E-state index in [1.54, 1.807) is 23.7 Å². The minimum atomic E-state index is -0.0205. The van der Waals surface area contributed by atoms with E-state index < -0.39 is 0 Å². The molecular formula is C21H28N6O3S. The molecule has 0 aliphatic heterocycles. The van der Waals surface area contributed by atoms with Gasteiger partial charge in [0.25, 0.3) is 0 Å². The average molecular weight is 445 g/mol. The third-order valence-electron chi connectivity index (χ3n) is 4.65. The minimum absolute atomic E-state index is 0.0205. The van der Waals surface area contributed by atoms with Crippen molar-refractivity contribution in [2.24, 2.45) is 0 Å². The minimum Gasteiger partial charge on any atom is -0.476 e. The molecule has 31 heavy (non-hydrogen) atoms. The molecule has 166 valence electrons. The van der Waals surface area contributed by atoms with Gasteiger partial charge in [0.15, 0.2) is 11.0 Å². The molecule has 0 unspecified atom stereocenters. The maximum absolute atomic E-state index is 12.7. The average Bonchev–Trinajstić information content (AvgIpc) is 3.39. The van der Waals surface area contributed by atoms with Crippen LogP contribution in [0.5, 0.6) is 5.88 Å². The quantitative estimate of drug-likeness (QED) is 0.420. The molecule has 0 aliphatic rings. The van der Waals surface area contributed by atoms with Gasteiger partial charge >= 0.3 is 0 Å². The fourth-order valence-electron chi connectivity index (χ4n) is 2.96. The summed E-state index contributed by atoms with van der Waals surface area (Å²) in [5, 5.41) is 13.8. The van der Waals surface area contributed by atoms with E-state index in [9.17, 15) is 4.79 Å². The van der Waals surface area contributed by atoms with Crippen LogP contribution in [0.4, 0.5) is 5.69 Å². The molecule has 0 radical (unpaired) electrons. The largest absolute Gasteiger partial charge is 0.476 e. The van der Waals surface area contributed by atoms with Crippen molar-refractivity contribution in [3.63, 3.8) is 0 Å². The molecule has 2 heterocycles. The van der Waals surface area contributed by atoms with E-state index in [1.165, 1.54) is 11.8 Å². The van der Waals surface area contributed by atoms with E-state index in [-0.39, 0.29) is 11.7 Å². The number of hydrogen-bond donors (Lipinski definition) is 0. The number of anilines is 1. The van der Waals surface area contributed by atoms with Crippen LogP contribution in [-0.4, -0.2) is 63.6 Å². The Balaban J connectivity index is 1.83. The van der Waals surface area contributed by atoms with E-state index in [0.717, 1.165) is 11.3 Å². The normalized spacial score (nSPS) is 11.0. The van der Waals surface area contributed by atoms with Crippen molar-refractivity contribution in [2.45, 2.75) is 32.1 Å². The van der Waals surface area contributed by atoms with Crippen LogP contribution in [0.3, 0.4) is 0 Å². The van der Waals surface area contributed by atoms with Crippen molar-refractivity contribution in [3.8, 4) is 17.3 Å². The number of ether oxygens (including phenoxy) is 2. The van der Waals surface area contributed by atoms with E-state index >= 15 is 0 Å². The second-order valence-electron chi connectivity index (χ2n) is 6.66. The zero-order valence-electron chi connectivity index (χ0n) is 18.3. The lowest BCUT2D eigenvalue weighted by molar-refractivity contribution is -0.115. The van der Waals surface area contributed by atoms with Gasteiger partial charge in [-0.25, -0.2) is 0 Å². The van der Waals surface area contributed by atoms with Crippen molar-refractivity contribution in [1.29, 1.82) is 0 Å². The van der Waals surface area contributed by atoms with Crippen LogP contribution in [0.1, 0.15) is 13.8 Å². The predicted molar refractivity (Wildman–Crippen MR) is 121 cm³/mol. The van der Waals surface area contributed by atoms with Crippen LogP contribution in [0.2, 0.25) is 0 Å². The fraction of sp³-hybridized carbons (Fsp3) is 0.429. The van der Waals surface area contributed by atoms with Gasteiger partial charge in [0.1, 0.15) is 5.56 Å². The van der Waals surface area contributed by atoms with Crippen molar-refractivity contribution in [1.82, 2.24) is 24.5 Å². The maximum atomic E-state index is 12.7. The summed E-state index contributed by atoms with van der Waals surface area (Å²) in [5.41, 5.74) is 1.62. The summed E-state index contributed by atoms with van der Waals surface area (Å²) in [6.07, 6.45) is 1.90. The molecule has 3 rings (SSSR count). The summed E-state index contributed by atoms with van der Waals surface area (Å²) in [5.74, 6) is 1.38. The lowest BCUT2D eigenvalue weighted by atomic mass is 10.3. The second-order valence-corrected chi connectivity index (χ2v) is 7.61. The van der Waals surface area contributed by atoms with E-state index in [0.29, 0.717) is 43.2 Å². The zero-order valence-corrected chi connectivity index (χ0v) is 19.1. The standard InChI is InChI=1S/C21H28N6O3S/c1-5-26-14-17(20(24-26)30-6-2)19-22-23-21(27(19)12-13-29-4)31-15-18(28)25(3)16-10-8-7-9-11-16/h7-11,14H,5-6,12-13,15H2,1-4H3. The van der Waals surface area contributed by atoms with Crippen molar-refractivity contribution in [3.05, 3.63) is 36.5 Å². The Hall–Kier alpha value is -2.85. The Morgan fingerprint density at radius 3 is 2.65 bits per heavy atom. The van der Waals surface area contributed by atoms with Gasteiger partial charge in [-0.1, -0.05) is 30.0 Å². The highest BCUT2D eigenvalue weighted by atomic mass is 32.2. The Kier molecular flexibility index (Phi) is 8.07. The molecule has 0 aliphatic carbocycles. The summed E-state index contributed by atoms with van der Waals surface area (Å²) in [4.78, 5) is 14.3. The van der Waals surface area contributed by atoms with Crippen LogP contribution < -0.4 is 9.64 Å². The van der Waals surface area contributed by atoms with E-state index in [2.05, 4.69) is 15.3 Å². The third-order valence-corrected chi connectivity index (χ3v) is 5.60. The van der Waals surface area contributed by atoms with Crippen LogP contribution in [0.15, 0.2) is 41.7 Å². The lowest BCUT2D eigenvalue weighted by Gasteiger charge is -2.17. The molecule has 0 fully saturated rings. The van der Waals surface area contributed by atoms with Gasteiger partial charge in [0, 0.05) is 32.6 Å². The van der Waals surface area contributed by atoms with Gasteiger partial charge in [-0.05, 0) is 26.0 Å². The molecular weight excluding hydrogens is 416 g/mol. The number of aryl methyl sites for hydroxylation is 1. The number of carbonyl (C=O) groups is 1. The summed E-state index contributed by atoms with van der Waals surface area (Å²) in [7, 11) is 3.42. The second kappa shape index (κ2) is 11.0. The number of methoxy groups -OCH3 is 1. The molecule has 0 saturated heterocycles. The van der Waals surface area contributed by atoms with Crippen LogP contribution in [0, 0.1) is 0 Å². The van der Waals surface area contributed by atoms with Crippen molar-refractivity contribution >= 4 is 23.4 Å². The highest BCUT2D eigenvalue weighted by Crippen LogP contribution is 2.30. The summed E-state index contributed by atoms with van der Waals surface area (Å²) in [6, 6.07) is 9.55. The summed E-state index contributed by atoms with van der Waals surface area (Å²) in [6.45, 7) is 6.18. The van der Waals surface area contributed by atoms with Crippen LogP contribution in [-0.2, 0) is 22.6 Å². The number of aromatic nitrogens is 5. The van der Waals surface area contributed by atoms with Gasteiger partial charge in [-0.2, -0.15) is 0 Å². The smallest absolute Gasteiger partial charge is 0.243 e. The van der Waals surface area contributed by atoms with Crippen molar-refractivity contribution < 1.29 is 14.3 Å². The number of benzene rings is 1. The number of nitrogens with zero attached hydrogens (tertiary/aromatic N) is 6. The van der Waals surface area contributed by atoms with E-state index in [4.69, 9.17) is 9.47 Å². The number of thioether (sulfide) groups is 1. The van der Waals surface area contributed by atoms with Crippen molar-refractivity contribution in [2.75, 3.05) is 38.0 Å². The molecule has 0 N–H and O–H groups in total.